The molecule has 4 rings (SSSR count). The van der Waals surface area contributed by atoms with E-state index in [2.05, 4.69) is 25.9 Å². The van der Waals surface area contributed by atoms with Gasteiger partial charge in [0, 0.05) is 6.54 Å². The van der Waals surface area contributed by atoms with Crippen molar-refractivity contribution in [1.29, 1.82) is 0 Å². The Morgan fingerprint density at radius 3 is 2.57 bits per heavy atom. The lowest BCUT2D eigenvalue weighted by atomic mass is 9.48. The summed E-state index contributed by atoms with van der Waals surface area (Å²) in [4.78, 5) is 0. The van der Waals surface area contributed by atoms with Crippen LogP contribution in [0.1, 0.15) is 98.3 Å². The molecule has 8 unspecified atom stereocenters. The Bertz CT molecular complexity index is 618. The number of rotatable bonds is 5. The molecule has 0 aliphatic heterocycles. The van der Waals surface area contributed by atoms with Crippen LogP contribution in [-0.4, -0.2) is 17.4 Å². The van der Waals surface area contributed by atoms with Crippen molar-refractivity contribution in [2.75, 3.05) is 6.54 Å². The first-order valence-corrected chi connectivity index (χ1v) is 13.2. The molecule has 4 heteroatoms. The average molecular weight is 417 g/mol. The highest BCUT2D eigenvalue weighted by Gasteiger charge is 2.57. The SMILES string of the molecule is CCCC1CCC2C(CCC3C2CCC2(C)C3CCC2[C@H](C)CN(N)/C(C)=N\N)C1. The average Bonchev–Trinajstić information content (AvgIpc) is 3.10. The van der Waals surface area contributed by atoms with Crippen LogP contribution in [0.3, 0.4) is 0 Å². The summed E-state index contributed by atoms with van der Waals surface area (Å²) in [5.41, 5.74) is 0.515. The minimum Gasteiger partial charge on any atom is -0.322 e. The van der Waals surface area contributed by atoms with Gasteiger partial charge in [-0.1, -0.05) is 40.0 Å². The first-order chi connectivity index (χ1) is 14.4. The molecule has 0 radical (unpaired) electrons. The Labute approximate surface area is 185 Å². The molecule has 30 heavy (non-hydrogen) atoms. The number of hydrazone groups is 1. The second kappa shape index (κ2) is 9.00. The van der Waals surface area contributed by atoms with E-state index in [-0.39, 0.29) is 0 Å². The molecule has 9 atom stereocenters. The van der Waals surface area contributed by atoms with Gasteiger partial charge in [-0.3, -0.25) is 5.01 Å². The van der Waals surface area contributed by atoms with Crippen LogP contribution in [0.15, 0.2) is 5.10 Å². The van der Waals surface area contributed by atoms with Crippen molar-refractivity contribution < 1.29 is 0 Å². The van der Waals surface area contributed by atoms with Gasteiger partial charge in [0.2, 0.25) is 0 Å². The zero-order chi connectivity index (χ0) is 21.5. The minimum absolute atomic E-state index is 0.515. The maximum Gasteiger partial charge on any atom is 0.135 e. The topological polar surface area (TPSA) is 67.6 Å². The Morgan fingerprint density at radius 2 is 1.83 bits per heavy atom. The standard InChI is InChI=1S/C26H48N4/c1-5-6-19-7-9-21-20(15-19)8-10-23-22(21)13-14-26(4)24(11-12-25(23)26)17(2)16-30(28)18(3)29-27/h17,19-25H,5-16,27-28H2,1-4H3/b29-18-/t17-,19?,20?,21?,22?,23?,24?,25?,26?/m1/s1. The lowest BCUT2D eigenvalue weighted by Crippen LogP contribution is -2.50. The Hall–Kier alpha value is -0.770. The molecule has 4 aliphatic carbocycles. The highest BCUT2D eigenvalue weighted by atomic mass is 15.4. The van der Waals surface area contributed by atoms with Crippen molar-refractivity contribution >= 4 is 5.84 Å². The molecule has 0 heterocycles. The fraction of sp³-hybridized carbons (Fsp3) is 0.962. The van der Waals surface area contributed by atoms with Gasteiger partial charge in [-0.2, -0.15) is 5.10 Å². The molecule has 4 fully saturated rings. The fourth-order valence-electron chi connectivity index (χ4n) is 9.24. The van der Waals surface area contributed by atoms with Gasteiger partial charge in [0.15, 0.2) is 0 Å². The number of hydrazine groups is 1. The molecule has 4 nitrogen and oxygen atoms in total. The lowest BCUT2D eigenvalue weighted by molar-refractivity contribution is -0.0747. The monoisotopic (exact) mass is 416 g/mol. The van der Waals surface area contributed by atoms with Gasteiger partial charge in [0.05, 0.1) is 0 Å². The molecule has 4 saturated carbocycles. The van der Waals surface area contributed by atoms with Gasteiger partial charge in [-0.15, -0.1) is 0 Å². The van der Waals surface area contributed by atoms with E-state index in [4.69, 9.17) is 11.7 Å². The van der Waals surface area contributed by atoms with Crippen molar-refractivity contribution in [1.82, 2.24) is 5.01 Å². The number of nitrogens with two attached hydrogens (primary N) is 2. The molecule has 0 bridgehead atoms. The number of nitrogens with zero attached hydrogens (tertiary/aromatic N) is 2. The van der Waals surface area contributed by atoms with E-state index in [1.54, 1.807) is 17.9 Å². The van der Waals surface area contributed by atoms with Crippen LogP contribution >= 0.6 is 0 Å². The summed E-state index contributed by atoms with van der Waals surface area (Å²) in [7, 11) is 0. The van der Waals surface area contributed by atoms with Crippen LogP contribution in [0.2, 0.25) is 0 Å². The van der Waals surface area contributed by atoms with E-state index < -0.39 is 0 Å². The van der Waals surface area contributed by atoms with Crippen molar-refractivity contribution in [2.24, 2.45) is 69.5 Å². The highest BCUT2D eigenvalue weighted by Crippen LogP contribution is 2.65. The quantitative estimate of drug-likeness (QED) is 0.258. The Kier molecular flexibility index (Phi) is 6.73. The van der Waals surface area contributed by atoms with Gasteiger partial charge >= 0.3 is 0 Å². The summed E-state index contributed by atoms with van der Waals surface area (Å²) in [6.45, 7) is 10.2. The molecule has 4 N–H and O–H groups in total. The second-order valence-corrected chi connectivity index (χ2v) is 11.9. The predicted molar refractivity (Wildman–Crippen MR) is 126 cm³/mol. The largest absolute Gasteiger partial charge is 0.322 e. The molecule has 0 amide bonds. The van der Waals surface area contributed by atoms with E-state index in [0.29, 0.717) is 11.3 Å². The molecule has 0 aromatic rings. The van der Waals surface area contributed by atoms with Gasteiger partial charge in [0.1, 0.15) is 5.84 Å². The molecular formula is C26H48N4. The first kappa shape index (κ1) is 22.4. The van der Waals surface area contributed by atoms with E-state index in [0.717, 1.165) is 53.8 Å². The van der Waals surface area contributed by atoms with Gasteiger partial charge < -0.3 is 5.84 Å². The number of hydrogen-bond donors (Lipinski definition) is 2. The molecule has 0 aromatic carbocycles. The number of hydrogen-bond acceptors (Lipinski definition) is 3. The van der Waals surface area contributed by atoms with E-state index in [9.17, 15) is 0 Å². The van der Waals surface area contributed by atoms with Crippen LogP contribution in [-0.2, 0) is 0 Å². The van der Waals surface area contributed by atoms with Crippen molar-refractivity contribution in [3.63, 3.8) is 0 Å². The molecule has 0 aromatic heterocycles. The van der Waals surface area contributed by atoms with E-state index in [1.807, 2.05) is 6.92 Å². The van der Waals surface area contributed by atoms with Crippen LogP contribution < -0.4 is 11.7 Å². The summed E-state index contributed by atoms with van der Waals surface area (Å²) in [6.07, 6.45) is 16.3. The Balaban J connectivity index is 1.43. The van der Waals surface area contributed by atoms with Crippen molar-refractivity contribution in [3.8, 4) is 0 Å². The maximum absolute atomic E-state index is 6.24. The normalized spacial score (nSPS) is 44.7. The fourth-order valence-corrected chi connectivity index (χ4v) is 9.24. The summed E-state index contributed by atoms with van der Waals surface area (Å²) < 4.78 is 0. The van der Waals surface area contributed by atoms with E-state index in [1.165, 1.54) is 57.8 Å². The first-order valence-electron chi connectivity index (χ1n) is 13.2. The van der Waals surface area contributed by atoms with Gasteiger partial charge in [-0.05, 0) is 111 Å². The third-order valence-electron chi connectivity index (χ3n) is 10.6. The molecule has 0 spiro atoms. The highest BCUT2D eigenvalue weighted by molar-refractivity contribution is 5.78. The number of amidine groups is 1. The third kappa shape index (κ3) is 3.91. The zero-order valence-corrected chi connectivity index (χ0v) is 20.2. The maximum atomic E-state index is 6.24. The summed E-state index contributed by atoms with van der Waals surface area (Å²) >= 11 is 0. The summed E-state index contributed by atoms with van der Waals surface area (Å²) in [5, 5.41) is 5.56. The number of fused-ring (bicyclic) bond motifs is 5. The van der Waals surface area contributed by atoms with Crippen LogP contribution in [0.25, 0.3) is 0 Å². The van der Waals surface area contributed by atoms with Gasteiger partial charge in [-0.25, -0.2) is 5.84 Å². The Morgan fingerprint density at radius 1 is 1.07 bits per heavy atom. The minimum atomic E-state index is 0.515. The van der Waals surface area contributed by atoms with Gasteiger partial charge in [0.25, 0.3) is 0 Å². The summed E-state index contributed by atoms with van der Waals surface area (Å²) in [5.74, 6) is 20.0. The third-order valence-corrected chi connectivity index (χ3v) is 10.6. The smallest absolute Gasteiger partial charge is 0.135 e. The summed E-state index contributed by atoms with van der Waals surface area (Å²) in [6, 6.07) is 0. The lowest BCUT2D eigenvalue weighted by Gasteiger charge is -2.57. The van der Waals surface area contributed by atoms with Crippen molar-refractivity contribution in [2.45, 2.75) is 98.3 Å². The molecule has 0 saturated heterocycles. The molecule has 172 valence electrons. The van der Waals surface area contributed by atoms with Crippen LogP contribution in [0, 0.1) is 52.8 Å². The van der Waals surface area contributed by atoms with Crippen LogP contribution in [0.5, 0.6) is 0 Å². The molecule has 4 aliphatic rings. The van der Waals surface area contributed by atoms with Crippen LogP contribution in [0.4, 0.5) is 0 Å². The zero-order valence-electron chi connectivity index (χ0n) is 20.2. The van der Waals surface area contributed by atoms with E-state index >= 15 is 0 Å². The predicted octanol–water partition coefficient (Wildman–Crippen LogP) is 5.78. The second-order valence-electron chi connectivity index (χ2n) is 11.9. The van der Waals surface area contributed by atoms with Crippen molar-refractivity contribution in [3.05, 3.63) is 0 Å². The molecular weight excluding hydrogens is 368 g/mol.